The standard InChI is InChI=1S/C15H18FNO/c1-3-8-17-15(14-5-4-9-18-14)12-10-11(2)6-7-13(12)16/h4-7,9-10,15,17H,3,8H2,1-2H3. The average Bonchev–Trinajstić information content (AvgIpc) is 2.88. The van der Waals surface area contributed by atoms with Crippen LogP contribution in [0.15, 0.2) is 41.0 Å². The number of rotatable bonds is 5. The molecule has 0 amide bonds. The quantitative estimate of drug-likeness (QED) is 0.869. The van der Waals surface area contributed by atoms with E-state index in [1.807, 2.05) is 25.1 Å². The highest BCUT2D eigenvalue weighted by Gasteiger charge is 2.19. The van der Waals surface area contributed by atoms with Gasteiger partial charge in [-0.25, -0.2) is 4.39 Å². The minimum Gasteiger partial charge on any atom is -0.467 e. The molecule has 18 heavy (non-hydrogen) atoms. The molecule has 2 nitrogen and oxygen atoms in total. The minimum absolute atomic E-state index is 0.203. The molecule has 2 rings (SSSR count). The maximum atomic E-state index is 14.0. The number of benzene rings is 1. The fourth-order valence-corrected chi connectivity index (χ4v) is 1.99. The number of furan rings is 1. The fourth-order valence-electron chi connectivity index (χ4n) is 1.99. The summed E-state index contributed by atoms with van der Waals surface area (Å²) in [7, 11) is 0. The van der Waals surface area contributed by atoms with E-state index >= 15 is 0 Å². The van der Waals surface area contributed by atoms with Crippen molar-refractivity contribution < 1.29 is 8.81 Å². The van der Waals surface area contributed by atoms with Gasteiger partial charge >= 0.3 is 0 Å². The Morgan fingerprint density at radius 3 is 2.83 bits per heavy atom. The second kappa shape index (κ2) is 5.83. The van der Waals surface area contributed by atoms with E-state index in [9.17, 15) is 4.39 Å². The first-order chi connectivity index (χ1) is 8.72. The normalized spacial score (nSPS) is 12.6. The SMILES string of the molecule is CCCNC(c1ccco1)c1cc(C)ccc1F. The summed E-state index contributed by atoms with van der Waals surface area (Å²) >= 11 is 0. The number of nitrogens with one attached hydrogen (secondary N) is 1. The van der Waals surface area contributed by atoms with Gasteiger partial charge in [-0.1, -0.05) is 24.6 Å². The predicted molar refractivity (Wildman–Crippen MR) is 70.0 cm³/mol. The first-order valence-corrected chi connectivity index (χ1v) is 6.25. The number of halogens is 1. The summed E-state index contributed by atoms with van der Waals surface area (Å²) in [6.07, 6.45) is 2.61. The molecule has 0 aliphatic carbocycles. The van der Waals surface area contributed by atoms with Crippen molar-refractivity contribution in [3.63, 3.8) is 0 Å². The summed E-state index contributed by atoms with van der Waals surface area (Å²) in [5.41, 5.74) is 1.68. The van der Waals surface area contributed by atoms with Crippen LogP contribution in [0.4, 0.5) is 4.39 Å². The van der Waals surface area contributed by atoms with E-state index in [1.165, 1.54) is 6.07 Å². The van der Waals surface area contributed by atoms with Gasteiger partial charge in [0, 0.05) is 5.56 Å². The molecule has 1 aromatic carbocycles. The highest BCUT2D eigenvalue weighted by atomic mass is 19.1. The second-order valence-electron chi connectivity index (χ2n) is 4.43. The van der Waals surface area contributed by atoms with Crippen LogP contribution in [0.5, 0.6) is 0 Å². The Morgan fingerprint density at radius 2 is 2.17 bits per heavy atom. The highest BCUT2D eigenvalue weighted by molar-refractivity contribution is 5.31. The van der Waals surface area contributed by atoms with E-state index < -0.39 is 0 Å². The number of aryl methyl sites for hydroxylation is 1. The molecule has 0 radical (unpaired) electrons. The van der Waals surface area contributed by atoms with Crippen molar-refractivity contribution in [3.05, 3.63) is 59.3 Å². The summed E-state index contributed by atoms with van der Waals surface area (Å²) in [4.78, 5) is 0. The Labute approximate surface area is 107 Å². The van der Waals surface area contributed by atoms with Gasteiger partial charge in [-0.05, 0) is 38.1 Å². The van der Waals surface area contributed by atoms with E-state index in [0.29, 0.717) is 5.56 Å². The predicted octanol–water partition coefficient (Wildman–Crippen LogP) is 3.82. The fraction of sp³-hybridized carbons (Fsp3) is 0.333. The van der Waals surface area contributed by atoms with Crippen LogP contribution in [0.2, 0.25) is 0 Å². The Balaban J connectivity index is 2.36. The Morgan fingerprint density at radius 1 is 1.33 bits per heavy atom. The monoisotopic (exact) mass is 247 g/mol. The third-order valence-corrected chi connectivity index (χ3v) is 2.89. The van der Waals surface area contributed by atoms with Gasteiger partial charge in [0.05, 0.1) is 12.3 Å². The molecule has 2 aromatic rings. The van der Waals surface area contributed by atoms with E-state index in [1.54, 1.807) is 12.3 Å². The van der Waals surface area contributed by atoms with Gasteiger partial charge in [0.15, 0.2) is 0 Å². The lowest BCUT2D eigenvalue weighted by Crippen LogP contribution is -2.23. The Bertz CT molecular complexity index is 493. The third-order valence-electron chi connectivity index (χ3n) is 2.89. The molecule has 0 spiro atoms. The van der Waals surface area contributed by atoms with Gasteiger partial charge in [-0.2, -0.15) is 0 Å². The summed E-state index contributed by atoms with van der Waals surface area (Å²) in [6, 6.07) is 8.62. The highest BCUT2D eigenvalue weighted by Crippen LogP contribution is 2.25. The maximum absolute atomic E-state index is 14.0. The van der Waals surface area contributed by atoms with Crippen LogP contribution in [0.1, 0.15) is 36.3 Å². The van der Waals surface area contributed by atoms with Gasteiger partial charge in [0.2, 0.25) is 0 Å². The van der Waals surface area contributed by atoms with Crippen LogP contribution in [-0.4, -0.2) is 6.54 Å². The molecule has 1 unspecified atom stereocenters. The van der Waals surface area contributed by atoms with Crippen molar-refractivity contribution in [3.8, 4) is 0 Å². The van der Waals surface area contributed by atoms with E-state index in [2.05, 4.69) is 12.2 Å². The molecule has 1 heterocycles. The van der Waals surface area contributed by atoms with E-state index in [-0.39, 0.29) is 11.9 Å². The van der Waals surface area contributed by atoms with Crippen molar-refractivity contribution in [2.24, 2.45) is 0 Å². The van der Waals surface area contributed by atoms with Gasteiger partial charge in [-0.3, -0.25) is 0 Å². The van der Waals surface area contributed by atoms with Crippen molar-refractivity contribution in [2.75, 3.05) is 6.54 Å². The Kier molecular flexibility index (Phi) is 4.15. The van der Waals surface area contributed by atoms with Crippen LogP contribution in [0.25, 0.3) is 0 Å². The molecule has 3 heteroatoms. The lowest BCUT2D eigenvalue weighted by molar-refractivity contribution is 0.436. The second-order valence-corrected chi connectivity index (χ2v) is 4.43. The minimum atomic E-state index is -0.222. The largest absolute Gasteiger partial charge is 0.467 e. The zero-order chi connectivity index (χ0) is 13.0. The van der Waals surface area contributed by atoms with Crippen LogP contribution < -0.4 is 5.32 Å². The van der Waals surface area contributed by atoms with Crippen molar-refractivity contribution in [2.45, 2.75) is 26.3 Å². The van der Waals surface area contributed by atoms with Crippen LogP contribution in [0.3, 0.4) is 0 Å². The maximum Gasteiger partial charge on any atom is 0.128 e. The molecule has 0 bridgehead atoms. The number of hydrogen-bond donors (Lipinski definition) is 1. The van der Waals surface area contributed by atoms with Crippen molar-refractivity contribution in [1.82, 2.24) is 5.32 Å². The van der Waals surface area contributed by atoms with E-state index in [4.69, 9.17) is 4.42 Å². The molecular weight excluding hydrogens is 229 g/mol. The molecule has 0 aliphatic rings. The lowest BCUT2D eigenvalue weighted by atomic mass is 10.0. The first kappa shape index (κ1) is 12.8. The van der Waals surface area contributed by atoms with Crippen molar-refractivity contribution >= 4 is 0 Å². The molecule has 0 fully saturated rings. The smallest absolute Gasteiger partial charge is 0.128 e. The topological polar surface area (TPSA) is 25.2 Å². The van der Waals surface area contributed by atoms with Gasteiger partial charge in [0.25, 0.3) is 0 Å². The third kappa shape index (κ3) is 2.79. The molecule has 0 aliphatic heterocycles. The van der Waals surface area contributed by atoms with Crippen LogP contribution >= 0.6 is 0 Å². The summed E-state index contributed by atoms with van der Waals surface area (Å²) in [6.45, 7) is 4.86. The first-order valence-electron chi connectivity index (χ1n) is 6.25. The molecule has 96 valence electrons. The molecule has 1 aromatic heterocycles. The molecule has 0 saturated heterocycles. The molecule has 1 N–H and O–H groups in total. The molecule has 0 saturated carbocycles. The number of hydrogen-bond acceptors (Lipinski definition) is 2. The van der Waals surface area contributed by atoms with Gasteiger partial charge < -0.3 is 9.73 Å². The van der Waals surface area contributed by atoms with E-state index in [0.717, 1.165) is 24.3 Å². The zero-order valence-electron chi connectivity index (χ0n) is 10.7. The van der Waals surface area contributed by atoms with Crippen LogP contribution in [0, 0.1) is 12.7 Å². The zero-order valence-corrected chi connectivity index (χ0v) is 10.7. The van der Waals surface area contributed by atoms with Gasteiger partial charge in [0.1, 0.15) is 11.6 Å². The summed E-state index contributed by atoms with van der Waals surface area (Å²) in [5, 5.41) is 3.32. The van der Waals surface area contributed by atoms with Gasteiger partial charge in [-0.15, -0.1) is 0 Å². The average molecular weight is 247 g/mol. The summed E-state index contributed by atoms with van der Waals surface area (Å²) < 4.78 is 19.4. The van der Waals surface area contributed by atoms with Crippen LogP contribution in [-0.2, 0) is 0 Å². The Hall–Kier alpha value is -1.61. The van der Waals surface area contributed by atoms with Crippen molar-refractivity contribution in [1.29, 1.82) is 0 Å². The summed E-state index contributed by atoms with van der Waals surface area (Å²) in [5.74, 6) is 0.540. The molecular formula is C15H18FNO. The lowest BCUT2D eigenvalue weighted by Gasteiger charge is -2.18. The molecule has 1 atom stereocenters.